The maximum absolute atomic E-state index is 13.4. The molecular formula is C13H7BrClF3N2O. The molecule has 1 amide bonds. The van der Waals surface area contributed by atoms with Gasteiger partial charge in [-0.05, 0) is 30.3 Å². The van der Waals surface area contributed by atoms with E-state index in [-0.39, 0.29) is 10.6 Å². The lowest BCUT2D eigenvalue weighted by atomic mass is 10.2. The normalized spacial score (nSPS) is 10.3. The highest BCUT2D eigenvalue weighted by Gasteiger charge is 2.15. The number of hydrazine groups is 1. The van der Waals surface area contributed by atoms with Crippen LogP contribution >= 0.6 is 27.5 Å². The number of rotatable bonds is 3. The molecule has 2 rings (SSSR count). The van der Waals surface area contributed by atoms with Gasteiger partial charge in [-0.25, -0.2) is 13.2 Å². The third-order valence-electron chi connectivity index (χ3n) is 2.52. The van der Waals surface area contributed by atoms with Crippen LogP contribution < -0.4 is 10.9 Å². The summed E-state index contributed by atoms with van der Waals surface area (Å²) < 4.78 is 39.9. The minimum Gasteiger partial charge on any atom is -0.295 e. The summed E-state index contributed by atoms with van der Waals surface area (Å²) in [4.78, 5) is 11.8. The lowest BCUT2D eigenvalue weighted by molar-refractivity contribution is 0.0962. The molecule has 0 bridgehead atoms. The van der Waals surface area contributed by atoms with Gasteiger partial charge in [-0.15, -0.1) is 0 Å². The van der Waals surface area contributed by atoms with Gasteiger partial charge in [0.2, 0.25) is 0 Å². The maximum atomic E-state index is 13.4. The van der Waals surface area contributed by atoms with E-state index in [1.165, 1.54) is 12.1 Å². The molecule has 2 aromatic carbocycles. The Morgan fingerprint density at radius 1 is 1.10 bits per heavy atom. The molecule has 0 atom stereocenters. The van der Waals surface area contributed by atoms with E-state index in [1.807, 2.05) is 0 Å². The fourth-order valence-corrected chi connectivity index (χ4v) is 2.25. The standard InChI is InChI=1S/C13H7BrClF3N2O/c14-6-1-2-7(8(15)5-6)13(21)20-19-10-4-3-9(16)11(17)12(10)18/h1-5,19H,(H,20,21). The summed E-state index contributed by atoms with van der Waals surface area (Å²) >= 11 is 9.07. The average Bonchev–Trinajstić information content (AvgIpc) is 2.44. The molecule has 0 heterocycles. The second-order valence-corrected chi connectivity index (χ2v) is 5.25. The molecule has 0 unspecified atom stereocenters. The van der Waals surface area contributed by atoms with Crippen LogP contribution in [-0.4, -0.2) is 5.91 Å². The van der Waals surface area contributed by atoms with Crippen LogP contribution in [0.25, 0.3) is 0 Å². The van der Waals surface area contributed by atoms with Crippen molar-refractivity contribution in [3.63, 3.8) is 0 Å². The fraction of sp³-hybridized carbons (Fsp3) is 0. The van der Waals surface area contributed by atoms with Crippen molar-refractivity contribution in [3.05, 3.63) is 62.8 Å². The minimum absolute atomic E-state index is 0.135. The van der Waals surface area contributed by atoms with Crippen LogP contribution in [-0.2, 0) is 0 Å². The summed E-state index contributed by atoms with van der Waals surface area (Å²) in [6.45, 7) is 0. The number of amides is 1. The van der Waals surface area contributed by atoms with Crippen LogP contribution in [0, 0.1) is 17.5 Å². The number of hydrogen-bond donors (Lipinski definition) is 2. The molecule has 0 fully saturated rings. The predicted octanol–water partition coefficient (Wildman–Crippen LogP) is 4.28. The van der Waals surface area contributed by atoms with Crippen molar-refractivity contribution in [2.24, 2.45) is 0 Å². The summed E-state index contributed by atoms with van der Waals surface area (Å²) in [7, 11) is 0. The zero-order valence-corrected chi connectivity index (χ0v) is 12.5. The van der Waals surface area contributed by atoms with Crippen molar-refractivity contribution < 1.29 is 18.0 Å². The second kappa shape index (κ2) is 6.36. The summed E-state index contributed by atoms with van der Waals surface area (Å²) in [6.07, 6.45) is 0. The zero-order chi connectivity index (χ0) is 15.6. The lowest BCUT2D eigenvalue weighted by Gasteiger charge is -2.11. The molecule has 0 saturated heterocycles. The van der Waals surface area contributed by atoms with Gasteiger partial charge in [-0.3, -0.25) is 15.6 Å². The highest BCUT2D eigenvalue weighted by atomic mass is 79.9. The third-order valence-corrected chi connectivity index (χ3v) is 3.33. The van der Waals surface area contributed by atoms with Gasteiger partial charge in [0.05, 0.1) is 16.3 Å². The summed E-state index contributed by atoms with van der Waals surface area (Å²) in [5.74, 6) is -5.04. The van der Waals surface area contributed by atoms with E-state index in [9.17, 15) is 18.0 Å². The highest BCUT2D eigenvalue weighted by molar-refractivity contribution is 9.10. The van der Waals surface area contributed by atoms with Crippen LogP contribution in [0.3, 0.4) is 0 Å². The summed E-state index contributed by atoms with van der Waals surface area (Å²) in [5.41, 5.74) is 4.04. The Bertz CT molecular complexity index is 712. The largest absolute Gasteiger partial charge is 0.295 e. The van der Waals surface area contributed by atoms with Gasteiger partial charge in [0.1, 0.15) is 0 Å². The Labute approximate surface area is 131 Å². The smallest absolute Gasteiger partial charge is 0.271 e. The number of carbonyl (C=O) groups is 1. The van der Waals surface area contributed by atoms with Gasteiger partial charge in [0, 0.05) is 4.47 Å². The Balaban J connectivity index is 2.13. The van der Waals surface area contributed by atoms with Crippen molar-refractivity contribution in [3.8, 4) is 0 Å². The maximum Gasteiger partial charge on any atom is 0.271 e. The van der Waals surface area contributed by atoms with Crippen molar-refractivity contribution in [1.29, 1.82) is 0 Å². The number of carbonyl (C=O) groups excluding carboxylic acids is 1. The van der Waals surface area contributed by atoms with Gasteiger partial charge < -0.3 is 0 Å². The Kier molecular flexibility index (Phi) is 4.74. The number of anilines is 1. The summed E-state index contributed by atoms with van der Waals surface area (Å²) in [5, 5.41) is 0.175. The molecule has 0 saturated carbocycles. The third kappa shape index (κ3) is 3.48. The minimum atomic E-state index is -1.63. The molecule has 0 aromatic heterocycles. The second-order valence-electron chi connectivity index (χ2n) is 3.93. The van der Waals surface area contributed by atoms with E-state index in [4.69, 9.17) is 11.6 Å². The predicted molar refractivity (Wildman–Crippen MR) is 76.6 cm³/mol. The molecule has 8 heteroatoms. The fourth-order valence-electron chi connectivity index (χ4n) is 1.49. The van der Waals surface area contributed by atoms with Gasteiger partial charge in [-0.2, -0.15) is 0 Å². The van der Waals surface area contributed by atoms with E-state index >= 15 is 0 Å². The van der Waals surface area contributed by atoms with Crippen molar-refractivity contribution in [2.75, 3.05) is 5.43 Å². The van der Waals surface area contributed by atoms with Gasteiger partial charge in [0.15, 0.2) is 17.5 Å². The summed E-state index contributed by atoms with van der Waals surface area (Å²) in [6, 6.07) is 6.25. The molecule has 0 aliphatic carbocycles. The Morgan fingerprint density at radius 3 is 2.48 bits per heavy atom. The molecule has 21 heavy (non-hydrogen) atoms. The van der Waals surface area contributed by atoms with Crippen LogP contribution in [0.2, 0.25) is 5.02 Å². The molecule has 0 aliphatic rings. The monoisotopic (exact) mass is 378 g/mol. The van der Waals surface area contributed by atoms with E-state index in [2.05, 4.69) is 26.8 Å². The SMILES string of the molecule is O=C(NNc1ccc(F)c(F)c1F)c1ccc(Br)cc1Cl. The van der Waals surface area contributed by atoms with E-state index in [0.717, 1.165) is 12.1 Å². The van der Waals surface area contributed by atoms with Crippen LogP contribution in [0.15, 0.2) is 34.8 Å². The molecule has 110 valence electrons. The molecule has 0 radical (unpaired) electrons. The lowest BCUT2D eigenvalue weighted by Crippen LogP contribution is -2.30. The van der Waals surface area contributed by atoms with Crippen LogP contribution in [0.1, 0.15) is 10.4 Å². The highest BCUT2D eigenvalue weighted by Crippen LogP contribution is 2.22. The van der Waals surface area contributed by atoms with Crippen LogP contribution in [0.4, 0.5) is 18.9 Å². The number of hydrogen-bond acceptors (Lipinski definition) is 2. The Morgan fingerprint density at radius 2 is 1.81 bits per heavy atom. The molecule has 2 aromatic rings. The molecule has 2 N–H and O–H groups in total. The number of halogens is 5. The molecule has 0 aliphatic heterocycles. The molecule has 0 spiro atoms. The average molecular weight is 380 g/mol. The number of benzene rings is 2. The zero-order valence-electron chi connectivity index (χ0n) is 10.2. The van der Waals surface area contributed by atoms with Crippen molar-refractivity contribution >= 4 is 39.1 Å². The van der Waals surface area contributed by atoms with Crippen LogP contribution in [0.5, 0.6) is 0 Å². The van der Waals surface area contributed by atoms with Gasteiger partial charge >= 0.3 is 0 Å². The Hall–Kier alpha value is -1.73. The first-order valence-corrected chi connectivity index (χ1v) is 6.72. The number of nitrogens with one attached hydrogen (secondary N) is 2. The van der Waals surface area contributed by atoms with E-state index < -0.39 is 29.0 Å². The van der Waals surface area contributed by atoms with E-state index in [1.54, 1.807) is 6.07 Å². The molecular weight excluding hydrogens is 373 g/mol. The van der Waals surface area contributed by atoms with E-state index in [0.29, 0.717) is 4.47 Å². The van der Waals surface area contributed by atoms with Crippen molar-refractivity contribution in [1.82, 2.24) is 5.43 Å². The first-order chi connectivity index (χ1) is 9.90. The quantitative estimate of drug-likeness (QED) is 0.617. The van der Waals surface area contributed by atoms with Gasteiger partial charge in [0.25, 0.3) is 5.91 Å². The van der Waals surface area contributed by atoms with Gasteiger partial charge in [-0.1, -0.05) is 27.5 Å². The first-order valence-electron chi connectivity index (χ1n) is 5.55. The topological polar surface area (TPSA) is 41.1 Å². The molecule has 3 nitrogen and oxygen atoms in total. The van der Waals surface area contributed by atoms with Crippen molar-refractivity contribution in [2.45, 2.75) is 0 Å². The first kappa shape index (κ1) is 15.7.